The van der Waals surface area contributed by atoms with Gasteiger partial charge in [0.05, 0.1) is 7.11 Å². The van der Waals surface area contributed by atoms with Gasteiger partial charge in [-0.25, -0.2) is 4.79 Å². The highest BCUT2D eigenvalue weighted by Gasteiger charge is 2.34. The third kappa shape index (κ3) is 2.55. The van der Waals surface area contributed by atoms with Gasteiger partial charge in [0.2, 0.25) is 0 Å². The van der Waals surface area contributed by atoms with Crippen LogP contribution in [0.4, 0.5) is 13.2 Å². The van der Waals surface area contributed by atoms with Crippen molar-refractivity contribution < 1.29 is 27.8 Å². The summed E-state index contributed by atoms with van der Waals surface area (Å²) in [6.07, 6.45) is -4.74. The van der Waals surface area contributed by atoms with Crippen LogP contribution in [0.3, 0.4) is 0 Å². The lowest BCUT2D eigenvalue weighted by Gasteiger charge is -2.07. The third-order valence-electron chi connectivity index (χ3n) is 1.40. The SMILES string of the molecule is COc1nc(C(=O)O)cc(C(F)(F)F)n1. The van der Waals surface area contributed by atoms with Gasteiger partial charge in [-0.2, -0.15) is 23.1 Å². The fourth-order valence-corrected chi connectivity index (χ4v) is 0.771. The Labute approximate surface area is 81.5 Å². The Morgan fingerprint density at radius 1 is 1.47 bits per heavy atom. The Balaban J connectivity index is 3.30. The molecule has 0 radical (unpaired) electrons. The van der Waals surface area contributed by atoms with Crippen LogP contribution in [0.15, 0.2) is 6.07 Å². The molecule has 0 amide bonds. The molecule has 8 heteroatoms. The first-order chi connectivity index (χ1) is 6.84. The molecule has 0 fully saturated rings. The van der Waals surface area contributed by atoms with Gasteiger partial charge in [0.1, 0.15) is 0 Å². The lowest BCUT2D eigenvalue weighted by molar-refractivity contribution is -0.141. The minimum absolute atomic E-state index is 0.338. The zero-order valence-electron chi connectivity index (χ0n) is 7.37. The van der Waals surface area contributed by atoms with Crippen LogP contribution in [0.1, 0.15) is 16.2 Å². The summed E-state index contributed by atoms with van der Waals surface area (Å²) in [7, 11) is 1.04. The summed E-state index contributed by atoms with van der Waals surface area (Å²) in [4.78, 5) is 16.7. The topological polar surface area (TPSA) is 72.3 Å². The molecule has 0 aliphatic heterocycles. The van der Waals surface area contributed by atoms with Gasteiger partial charge >= 0.3 is 18.2 Å². The Morgan fingerprint density at radius 2 is 2.07 bits per heavy atom. The minimum Gasteiger partial charge on any atom is -0.477 e. The highest BCUT2D eigenvalue weighted by molar-refractivity contribution is 5.85. The van der Waals surface area contributed by atoms with E-state index < -0.39 is 29.5 Å². The number of alkyl halides is 3. The second-order valence-electron chi connectivity index (χ2n) is 2.43. The van der Waals surface area contributed by atoms with E-state index in [0.717, 1.165) is 7.11 Å². The fraction of sp³-hybridized carbons (Fsp3) is 0.286. The smallest absolute Gasteiger partial charge is 0.433 e. The molecule has 0 atom stereocenters. The molecule has 15 heavy (non-hydrogen) atoms. The average molecular weight is 222 g/mol. The maximum absolute atomic E-state index is 12.2. The van der Waals surface area contributed by atoms with E-state index in [1.165, 1.54) is 0 Å². The molecule has 0 aliphatic rings. The van der Waals surface area contributed by atoms with Gasteiger partial charge in [-0.05, 0) is 0 Å². The van der Waals surface area contributed by atoms with Crippen LogP contribution in [-0.2, 0) is 6.18 Å². The van der Waals surface area contributed by atoms with E-state index in [0.29, 0.717) is 6.07 Å². The Bertz CT molecular complexity index is 392. The number of halogens is 3. The third-order valence-corrected chi connectivity index (χ3v) is 1.40. The number of carbonyl (C=O) groups is 1. The number of aromatic carboxylic acids is 1. The van der Waals surface area contributed by atoms with Crippen LogP contribution in [0.5, 0.6) is 6.01 Å². The summed E-state index contributed by atoms with van der Waals surface area (Å²) >= 11 is 0. The van der Waals surface area contributed by atoms with Crippen molar-refractivity contribution in [2.75, 3.05) is 7.11 Å². The molecule has 5 nitrogen and oxygen atoms in total. The van der Waals surface area contributed by atoms with Crippen LogP contribution in [0.2, 0.25) is 0 Å². The number of ether oxygens (including phenoxy) is 1. The first-order valence-corrected chi connectivity index (χ1v) is 3.58. The van der Waals surface area contributed by atoms with Crippen LogP contribution in [0.25, 0.3) is 0 Å². The molecule has 0 aliphatic carbocycles. The summed E-state index contributed by atoms with van der Waals surface area (Å²) in [5, 5.41) is 8.48. The molecule has 1 rings (SSSR count). The summed E-state index contributed by atoms with van der Waals surface area (Å²) in [5.74, 6) is -1.58. The molecule has 0 saturated heterocycles. The highest BCUT2D eigenvalue weighted by Crippen LogP contribution is 2.28. The molecule has 1 aromatic heterocycles. The quantitative estimate of drug-likeness (QED) is 0.813. The second kappa shape index (κ2) is 3.71. The molecular formula is C7H5F3N2O3. The van der Waals surface area contributed by atoms with Gasteiger partial charge < -0.3 is 9.84 Å². The van der Waals surface area contributed by atoms with E-state index in [1.807, 2.05) is 0 Å². The van der Waals surface area contributed by atoms with Crippen molar-refractivity contribution >= 4 is 5.97 Å². The molecule has 0 aromatic carbocycles. The van der Waals surface area contributed by atoms with Gasteiger partial charge in [0.15, 0.2) is 11.4 Å². The lowest BCUT2D eigenvalue weighted by atomic mass is 10.3. The Morgan fingerprint density at radius 3 is 2.47 bits per heavy atom. The molecule has 0 spiro atoms. The normalized spacial score (nSPS) is 11.2. The zero-order valence-corrected chi connectivity index (χ0v) is 7.37. The van der Waals surface area contributed by atoms with E-state index in [-0.39, 0.29) is 0 Å². The van der Waals surface area contributed by atoms with Gasteiger partial charge in [-0.15, -0.1) is 0 Å². The van der Waals surface area contributed by atoms with Crippen LogP contribution < -0.4 is 4.74 Å². The van der Waals surface area contributed by atoms with Crippen molar-refractivity contribution in [2.45, 2.75) is 6.18 Å². The summed E-state index contributed by atoms with van der Waals surface area (Å²) in [5.41, 5.74) is -2.12. The summed E-state index contributed by atoms with van der Waals surface area (Å²) < 4.78 is 41.0. The lowest BCUT2D eigenvalue weighted by Crippen LogP contribution is -2.13. The average Bonchev–Trinajstić information content (AvgIpc) is 2.15. The molecule has 0 bridgehead atoms. The number of aromatic nitrogens is 2. The van der Waals surface area contributed by atoms with Gasteiger partial charge in [0, 0.05) is 6.07 Å². The maximum atomic E-state index is 12.2. The first-order valence-electron chi connectivity index (χ1n) is 3.58. The predicted molar refractivity (Wildman–Crippen MR) is 40.5 cm³/mol. The van der Waals surface area contributed by atoms with Crippen LogP contribution in [0, 0.1) is 0 Å². The number of methoxy groups -OCH3 is 1. The largest absolute Gasteiger partial charge is 0.477 e. The first kappa shape index (κ1) is 11.2. The molecule has 1 heterocycles. The molecule has 0 saturated carbocycles. The minimum atomic E-state index is -4.74. The molecular weight excluding hydrogens is 217 g/mol. The number of carboxylic acids is 1. The molecule has 82 valence electrons. The van der Waals surface area contributed by atoms with Crippen LogP contribution >= 0.6 is 0 Å². The van der Waals surface area contributed by atoms with Gasteiger partial charge in [-0.3, -0.25) is 0 Å². The number of hydrogen-bond acceptors (Lipinski definition) is 4. The fourth-order valence-electron chi connectivity index (χ4n) is 0.771. The predicted octanol–water partition coefficient (Wildman–Crippen LogP) is 1.20. The second-order valence-corrected chi connectivity index (χ2v) is 2.43. The zero-order chi connectivity index (χ0) is 11.6. The van der Waals surface area contributed by atoms with E-state index in [9.17, 15) is 18.0 Å². The molecule has 1 N–H and O–H groups in total. The Hall–Kier alpha value is -1.86. The van der Waals surface area contributed by atoms with Crippen molar-refractivity contribution in [3.63, 3.8) is 0 Å². The summed E-state index contributed by atoms with van der Waals surface area (Å²) in [6, 6.07) is -0.299. The number of carboxylic acid groups (broad SMARTS) is 1. The van der Waals surface area contributed by atoms with Crippen molar-refractivity contribution in [1.29, 1.82) is 0 Å². The van der Waals surface area contributed by atoms with Crippen molar-refractivity contribution in [1.82, 2.24) is 9.97 Å². The van der Waals surface area contributed by atoms with Gasteiger partial charge in [-0.1, -0.05) is 0 Å². The number of nitrogens with zero attached hydrogens (tertiary/aromatic N) is 2. The van der Waals surface area contributed by atoms with Crippen molar-refractivity contribution in [2.24, 2.45) is 0 Å². The standard InChI is InChI=1S/C7H5F3N2O3/c1-15-6-11-3(5(13)14)2-4(12-6)7(8,9)10/h2H,1H3,(H,13,14). The van der Waals surface area contributed by atoms with E-state index in [4.69, 9.17) is 5.11 Å². The summed E-state index contributed by atoms with van der Waals surface area (Å²) in [6.45, 7) is 0. The Kier molecular flexibility index (Phi) is 2.78. The number of hydrogen-bond donors (Lipinski definition) is 1. The van der Waals surface area contributed by atoms with Crippen molar-refractivity contribution in [3.8, 4) is 6.01 Å². The van der Waals surface area contributed by atoms with Crippen LogP contribution in [-0.4, -0.2) is 28.2 Å². The molecule has 0 unspecified atom stereocenters. The monoisotopic (exact) mass is 222 g/mol. The highest BCUT2D eigenvalue weighted by atomic mass is 19.4. The van der Waals surface area contributed by atoms with E-state index >= 15 is 0 Å². The van der Waals surface area contributed by atoms with Gasteiger partial charge in [0.25, 0.3) is 0 Å². The van der Waals surface area contributed by atoms with E-state index in [2.05, 4.69) is 14.7 Å². The van der Waals surface area contributed by atoms with Crippen molar-refractivity contribution in [3.05, 3.63) is 17.5 Å². The molecule has 1 aromatic rings. The van der Waals surface area contributed by atoms with E-state index in [1.54, 1.807) is 0 Å². The number of rotatable bonds is 2. The maximum Gasteiger partial charge on any atom is 0.433 e.